The number of anilines is 1. The van der Waals surface area contributed by atoms with Crippen molar-refractivity contribution in [1.29, 1.82) is 0 Å². The molecule has 0 radical (unpaired) electrons. The Morgan fingerprint density at radius 3 is 2.83 bits per heavy atom. The van der Waals surface area contributed by atoms with Crippen LogP contribution in [-0.2, 0) is 0 Å². The molecule has 2 aromatic heterocycles. The fraction of sp³-hybridized carbons (Fsp3) is 0. The van der Waals surface area contributed by atoms with Gasteiger partial charge in [-0.15, -0.1) is 0 Å². The average Bonchev–Trinajstić information content (AvgIpc) is 3.17. The van der Waals surface area contributed by atoms with Gasteiger partial charge in [-0.2, -0.15) is 0 Å². The Kier molecular flexibility index (Phi) is 3.24. The quantitative estimate of drug-likeness (QED) is 0.445. The van der Waals surface area contributed by atoms with Crippen LogP contribution in [0.25, 0.3) is 21.2 Å². The lowest BCUT2D eigenvalue weighted by Crippen LogP contribution is -2.10. The van der Waals surface area contributed by atoms with Crippen molar-refractivity contribution in [2.45, 2.75) is 0 Å². The molecule has 0 spiro atoms. The first-order valence-corrected chi connectivity index (χ1v) is 7.77. The molecule has 2 heterocycles. The lowest BCUT2D eigenvalue weighted by atomic mass is 10.2. The molecule has 0 bridgehead atoms. The highest BCUT2D eigenvalue weighted by Crippen LogP contribution is 2.29. The van der Waals surface area contributed by atoms with Gasteiger partial charge < -0.3 is 4.42 Å². The van der Waals surface area contributed by atoms with Crippen molar-refractivity contribution >= 4 is 49.2 Å². The van der Waals surface area contributed by atoms with E-state index in [2.05, 4.69) is 10.3 Å². The number of rotatable bonds is 3. The number of para-hydroxylation sites is 1. The molecule has 0 aliphatic carbocycles. The van der Waals surface area contributed by atoms with E-state index in [1.807, 2.05) is 18.2 Å². The zero-order chi connectivity index (χ0) is 16.7. The maximum absolute atomic E-state index is 12.3. The molecule has 24 heavy (non-hydrogen) atoms. The van der Waals surface area contributed by atoms with Crippen molar-refractivity contribution in [1.82, 2.24) is 4.98 Å². The summed E-state index contributed by atoms with van der Waals surface area (Å²) in [5.41, 5.74) is 1.20. The number of non-ortho nitro benzene ring substituents is 1. The van der Waals surface area contributed by atoms with E-state index in [1.54, 1.807) is 18.2 Å². The smallest absolute Gasteiger partial charge is 0.293 e. The summed E-state index contributed by atoms with van der Waals surface area (Å²) in [4.78, 5) is 26.9. The second kappa shape index (κ2) is 5.43. The Bertz CT molecular complexity index is 1070. The first kappa shape index (κ1) is 14.3. The van der Waals surface area contributed by atoms with E-state index in [9.17, 15) is 14.9 Å². The molecule has 1 amide bonds. The van der Waals surface area contributed by atoms with Crippen LogP contribution in [0, 0.1) is 10.1 Å². The summed E-state index contributed by atoms with van der Waals surface area (Å²) in [7, 11) is 0. The van der Waals surface area contributed by atoms with E-state index in [1.165, 1.54) is 23.5 Å². The number of thiazole rings is 1. The number of hydrogen-bond donors (Lipinski definition) is 1. The second-order valence-corrected chi connectivity index (χ2v) is 6.06. The molecule has 4 rings (SSSR count). The normalized spacial score (nSPS) is 11.0. The van der Waals surface area contributed by atoms with Gasteiger partial charge in [0.25, 0.3) is 11.6 Å². The molecular weight excluding hydrogens is 330 g/mol. The third kappa shape index (κ3) is 2.48. The Hall–Kier alpha value is -3.26. The number of carbonyl (C=O) groups excluding carboxylic acids is 1. The number of hydrogen-bond acceptors (Lipinski definition) is 6. The van der Waals surface area contributed by atoms with E-state index in [0.29, 0.717) is 20.9 Å². The third-order valence-corrected chi connectivity index (χ3v) is 4.39. The van der Waals surface area contributed by atoms with E-state index >= 15 is 0 Å². The highest BCUT2D eigenvalue weighted by molar-refractivity contribution is 7.22. The van der Waals surface area contributed by atoms with Gasteiger partial charge in [0.05, 0.1) is 15.1 Å². The van der Waals surface area contributed by atoms with Crippen molar-refractivity contribution in [2.75, 3.05) is 5.32 Å². The van der Waals surface area contributed by atoms with Gasteiger partial charge in [-0.3, -0.25) is 20.2 Å². The summed E-state index contributed by atoms with van der Waals surface area (Å²) in [5.74, 6) is -0.235. The molecule has 4 aromatic rings. The van der Waals surface area contributed by atoms with Gasteiger partial charge in [0.2, 0.25) is 0 Å². The van der Waals surface area contributed by atoms with E-state index < -0.39 is 10.8 Å². The summed E-state index contributed by atoms with van der Waals surface area (Å²) in [6.07, 6.45) is 0. The van der Waals surface area contributed by atoms with Gasteiger partial charge in [-0.1, -0.05) is 29.5 Å². The van der Waals surface area contributed by atoms with E-state index in [0.717, 1.165) is 5.39 Å². The standard InChI is InChI=1S/C16H9N3O4S/c20-15(13-7-9-3-1-2-4-12(9)23-13)18-16-17-11-6-5-10(19(21)22)8-14(11)24-16/h1-8H,(H,17,18,20). The van der Waals surface area contributed by atoms with Gasteiger partial charge in [-0.05, 0) is 18.2 Å². The summed E-state index contributed by atoms with van der Waals surface area (Å²) < 4.78 is 6.13. The van der Waals surface area contributed by atoms with Crippen LogP contribution in [0.1, 0.15) is 10.6 Å². The van der Waals surface area contributed by atoms with Crippen LogP contribution in [0.3, 0.4) is 0 Å². The monoisotopic (exact) mass is 339 g/mol. The van der Waals surface area contributed by atoms with Crippen LogP contribution in [0.5, 0.6) is 0 Å². The van der Waals surface area contributed by atoms with Gasteiger partial charge >= 0.3 is 0 Å². The maximum atomic E-state index is 12.3. The van der Waals surface area contributed by atoms with Gasteiger partial charge in [-0.25, -0.2) is 4.98 Å². The summed E-state index contributed by atoms with van der Waals surface area (Å²) in [6.45, 7) is 0. The number of amides is 1. The maximum Gasteiger partial charge on any atom is 0.293 e. The molecule has 118 valence electrons. The number of nitrogens with zero attached hydrogens (tertiary/aromatic N) is 2. The zero-order valence-electron chi connectivity index (χ0n) is 12.1. The first-order chi connectivity index (χ1) is 11.6. The summed E-state index contributed by atoms with van der Waals surface area (Å²) in [5, 5.41) is 14.7. The molecule has 0 saturated heterocycles. The van der Waals surface area contributed by atoms with Crippen molar-refractivity contribution in [3.63, 3.8) is 0 Å². The number of carbonyl (C=O) groups is 1. The highest BCUT2D eigenvalue weighted by atomic mass is 32.1. The fourth-order valence-corrected chi connectivity index (χ4v) is 3.23. The number of nitrogens with one attached hydrogen (secondary N) is 1. The molecule has 0 atom stereocenters. The minimum Gasteiger partial charge on any atom is -0.451 e. The fourth-order valence-electron chi connectivity index (χ4n) is 2.33. The first-order valence-electron chi connectivity index (χ1n) is 6.95. The summed E-state index contributed by atoms with van der Waals surface area (Å²) >= 11 is 1.17. The molecule has 8 heteroatoms. The van der Waals surface area contributed by atoms with Gasteiger partial charge in [0, 0.05) is 17.5 Å². The predicted octanol–water partition coefficient (Wildman–Crippen LogP) is 4.20. The third-order valence-electron chi connectivity index (χ3n) is 3.45. The summed E-state index contributed by atoms with van der Waals surface area (Å²) in [6, 6.07) is 13.4. The second-order valence-electron chi connectivity index (χ2n) is 5.03. The van der Waals surface area contributed by atoms with Crippen LogP contribution in [0.2, 0.25) is 0 Å². The molecule has 0 saturated carbocycles. The lowest BCUT2D eigenvalue weighted by molar-refractivity contribution is -0.384. The van der Waals surface area contributed by atoms with E-state index in [4.69, 9.17) is 4.42 Å². The van der Waals surface area contributed by atoms with Crippen molar-refractivity contribution in [2.24, 2.45) is 0 Å². The molecule has 0 fully saturated rings. The highest BCUT2D eigenvalue weighted by Gasteiger charge is 2.15. The minimum atomic E-state index is -0.466. The molecular formula is C16H9N3O4S. The van der Waals surface area contributed by atoms with E-state index in [-0.39, 0.29) is 11.4 Å². The SMILES string of the molecule is O=C(Nc1nc2ccc([N+](=O)[O-])cc2s1)c1cc2ccccc2o1. The van der Waals surface area contributed by atoms with Crippen molar-refractivity contribution < 1.29 is 14.1 Å². The zero-order valence-corrected chi connectivity index (χ0v) is 12.9. The Morgan fingerprint density at radius 2 is 2.04 bits per heavy atom. The predicted molar refractivity (Wildman–Crippen MR) is 90.4 cm³/mol. The molecule has 0 aliphatic rings. The Balaban J connectivity index is 1.63. The lowest BCUT2D eigenvalue weighted by Gasteiger charge is -1.96. The van der Waals surface area contributed by atoms with Crippen molar-refractivity contribution in [3.8, 4) is 0 Å². The van der Waals surface area contributed by atoms with Gasteiger partial charge in [0.1, 0.15) is 5.58 Å². The number of furan rings is 1. The minimum absolute atomic E-state index is 0.0127. The molecule has 1 N–H and O–H groups in total. The van der Waals surface area contributed by atoms with Crippen LogP contribution in [0.4, 0.5) is 10.8 Å². The van der Waals surface area contributed by atoms with Gasteiger partial charge in [0.15, 0.2) is 10.9 Å². The van der Waals surface area contributed by atoms with Crippen LogP contribution in [-0.4, -0.2) is 15.8 Å². The number of benzene rings is 2. The largest absolute Gasteiger partial charge is 0.451 e. The number of aromatic nitrogens is 1. The molecule has 0 unspecified atom stereocenters. The molecule has 2 aromatic carbocycles. The van der Waals surface area contributed by atoms with Crippen LogP contribution < -0.4 is 5.32 Å². The van der Waals surface area contributed by atoms with Crippen LogP contribution in [0.15, 0.2) is 52.9 Å². The number of nitro groups is 1. The Morgan fingerprint density at radius 1 is 1.21 bits per heavy atom. The molecule has 0 aliphatic heterocycles. The number of fused-ring (bicyclic) bond motifs is 2. The average molecular weight is 339 g/mol. The Labute approximate surface area is 138 Å². The number of nitro benzene ring substituents is 1. The van der Waals surface area contributed by atoms with Crippen LogP contribution >= 0.6 is 11.3 Å². The topological polar surface area (TPSA) is 98.3 Å². The molecule has 7 nitrogen and oxygen atoms in total. The van der Waals surface area contributed by atoms with Crippen molar-refractivity contribution in [3.05, 3.63) is 64.4 Å².